The molecule has 90 valence electrons. The van der Waals surface area contributed by atoms with E-state index in [1.807, 2.05) is 0 Å². The van der Waals surface area contributed by atoms with E-state index in [9.17, 15) is 4.39 Å². The van der Waals surface area contributed by atoms with Gasteiger partial charge in [-0.15, -0.1) is 21.8 Å². The smallest absolute Gasteiger partial charge is 0.234 e. The molecule has 0 saturated heterocycles. The first kappa shape index (κ1) is 12.3. The van der Waals surface area contributed by atoms with Crippen molar-refractivity contribution in [1.29, 1.82) is 0 Å². The molecule has 0 bridgehead atoms. The standard InChI is InChI=1S/C11H9Cl2FN2O/c1-6(12)11-16-15-10(17-11)5-7-8(13)3-2-4-9(7)14/h2-4,6H,5H2,1H3. The van der Waals surface area contributed by atoms with Gasteiger partial charge in [-0.25, -0.2) is 4.39 Å². The van der Waals surface area contributed by atoms with Crippen molar-refractivity contribution in [3.8, 4) is 0 Å². The first-order chi connectivity index (χ1) is 8.08. The third kappa shape index (κ3) is 2.76. The van der Waals surface area contributed by atoms with E-state index in [0.717, 1.165) is 0 Å². The van der Waals surface area contributed by atoms with Gasteiger partial charge in [0.25, 0.3) is 0 Å². The molecule has 0 N–H and O–H groups in total. The van der Waals surface area contributed by atoms with Crippen LogP contribution < -0.4 is 0 Å². The largest absolute Gasteiger partial charge is 0.423 e. The van der Waals surface area contributed by atoms with Gasteiger partial charge in [0, 0.05) is 10.6 Å². The molecule has 1 unspecified atom stereocenters. The topological polar surface area (TPSA) is 38.9 Å². The maximum atomic E-state index is 13.5. The molecule has 0 aliphatic heterocycles. The van der Waals surface area contributed by atoms with Gasteiger partial charge in [0.05, 0.1) is 6.42 Å². The van der Waals surface area contributed by atoms with E-state index >= 15 is 0 Å². The average molecular weight is 275 g/mol. The summed E-state index contributed by atoms with van der Waals surface area (Å²) in [6.45, 7) is 1.72. The van der Waals surface area contributed by atoms with Gasteiger partial charge in [0.15, 0.2) is 0 Å². The van der Waals surface area contributed by atoms with Crippen molar-refractivity contribution < 1.29 is 8.81 Å². The van der Waals surface area contributed by atoms with Gasteiger partial charge in [-0.1, -0.05) is 17.7 Å². The second-order valence-corrected chi connectivity index (χ2v) is 4.59. The highest BCUT2D eigenvalue weighted by atomic mass is 35.5. The molecular weight excluding hydrogens is 266 g/mol. The predicted molar refractivity (Wildman–Crippen MR) is 62.8 cm³/mol. The van der Waals surface area contributed by atoms with Crippen LogP contribution in [0.4, 0.5) is 4.39 Å². The SMILES string of the molecule is CC(Cl)c1nnc(Cc2c(F)cccc2Cl)o1. The fraction of sp³-hybridized carbons (Fsp3) is 0.273. The van der Waals surface area contributed by atoms with Crippen molar-refractivity contribution >= 4 is 23.2 Å². The molecule has 1 heterocycles. The molecule has 0 amide bonds. The van der Waals surface area contributed by atoms with Gasteiger partial charge in [0.2, 0.25) is 11.8 Å². The Hall–Kier alpha value is -1.13. The summed E-state index contributed by atoms with van der Waals surface area (Å²) in [4.78, 5) is 0. The summed E-state index contributed by atoms with van der Waals surface area (Å²) >= 11 is 11.7. The van der Waals surface area contributed by atoms with Gasteiger partial charge in [-0.3, -0.25) is 0 Å². The number of aromatic nitrogens is 2. The molecule has 0 aliphatic rings. The van der Waals surface area contributed by atoms with Crippen LogP contribution in [0.1, 0.15) is 29.6 Å². The minimum atomic E-state index is -0.392. The van der Waals surface area contributed by atoms with Crippen LogP contribution in [0.2, 0.25) is 5.02 Å². The van der Waals surface area contributed by atoms with Crippen molar-refractivity contribution in [3.05, 3.63) is 46.4 Å². The Labute approximate surface area is 108 Å². The summed E-state index contributed by atoms with van der Waals surface area (Å²) in [6.07, 6.45) is 0.155. The molecule has 17 heavy (non-hydrogen) atoms. The van der Waals surface area contributed by atoms with Crippen LogP contribution in [0.5, 0.6) is 0 Å². The number of benzene rings is 1. The Morgan fingerprint density at radius 2 is 2.18 bits per heavy atom. The lowest BCUT2D eigenvalue weighted by Crippen LogP contribution is -1.94. The molecule has 1 aromatic carbocycles. The van der Waals surface area contributed by atoms with Crippen LogP contribution in [-0.2, 0) is 6.42 Å². The predicted octanol–water partition coefficient (Wildman–Crippen LogP) is 3.75. The van der Waals surface area contributed by atoms with Gasteiger partial charge in [-0.05, 0) is 19.1 Å². The molecule has 0 spiro atoms. The quantitative estimate of drug-likeness (QED) is 0.801. The number of rotatable bonds is 3. The zero-order chi connectivity index (χ0) is 12.4. The summed E-state index contributed by atoms with van der Waals surface area (Å²) in [6, 6.07) is 4.49. The van der Waals surface area contributed by atoms with Crippen LogP contribution in [0.25, 0.3) is 0 Å². The van der Waals surface area contributed by atoms with Gasteiger partial charge >= 0.3 is 0 Å². The first-order valence-electron chi connectivity index (χ1n) is 4.97. The van der Waals surface area contributed by atoms with Crippen LogP contribution in [0, 0.1) is 5.82 Å². The second kappa shape index (κ2) is 5.02. The molecule has 0 saturated carbocycles. The monoisotopic (exact) mass is 274 g/mol. The van der Waals surface area contributed by atoms with E-state index in [2.05, 4.69) is 10.2 Å². The molecular formula is C11H9Cl2FN2O. The van der Waals surface area contributed by atoms with Crippen LogP contribution in [-0.4, -0.2) is 10.2 Å². The summed E-state index contributed by atoms with van der Waals surface area (Å²) in [5.74, 6) is 0.213. The summed E-state index contributed by atoms with van der Waals surface area (Å²) < 4.78 is 18.8. The second-order valence-electron chi connectivity index (χ2n) is 3.53. The van der Waals surface area contributed by atoms with E-state index in [0.29, 0.717) is 22.4 Å². The average Bonchev–Trinajstić information content (AvgIpc) is 2.72. The molecule has 0 radical (unpaired) electrons. The van der Waals surface area contributed by atoms with E-state index < -0.39 is 5.82 Å². The lowest BCUT2D eigenvalue weighted by molar-refractivity contribution is 0.455. The lowest BCUT2D eigenvalue weighted by atomic mass is 10.1. The minimum Gasteiger partial charge on any atom is -0.423 e. The molecule has 3 nitrogen and oxygen atoms in total. The lowest BCUT2D eigenvalue weighted by Gasteiger charge is -2.02. The van der Waals surface area contributed by atoms with E-state index in [1.165, 1.54) is 6.07 Å². The Kier molecular flexibility index (Phi) is 3.64. The Morgan fingerprint density at radius 1 is 1.41 bits per heavy atom. The van der Waals surface area contributed by atoms with Crippen molar-refractivity contribution in [3.63, 3.8) is 0 Å². The normalized spacial score (nSPS) is 12.7. The van der Waals surface area contributed by atoms with Crippen molar-refractivity contribution in [1.82, 2.24) is 10.2 Å². The summed E-state index contributed by atoms with van der Waals surface area (Å²) in [5, 5.41) is 7.51. The van der Waals surface area contributed by atoms with Crippen LogP contribution in [0.3, 0.4) is 0 Å². The number of nitrogens with zero attached hydrogens (tertiary/aromatic N) is 2. The van der Waals surface area contributed by atoms with Gasteiger partial charge < -0.3 is 4.42 Å². The summed E-state index contributed by atoms with van der Waals surface area (Å²) in [7, 11) is 0. The zero-order valence-corrected chi connectivity index (χ0v) is 10.5. The van der Waals surface area contributed by atoms with Gasteiger partial charge in [0.1, 0.15) is 11.2 Å². The molecule has 6 heteroatoms. The van der Waals surface area contributed by atoms with E-state index in [1.54, 1.807) is 19.1 Å². The number of hydrogen-bond donors (Lipinski definition) is 0. The third-order valence-electron chi connectivity index (χ3n) is 2.21. The molecule has 1 atom stereocenters. The fourth-order valence-electron chi connectivity index (χ4n) is 1.35. The number of hydrogen-bond acceptors (Lipinski definition) is 3. The maximum absolute atomic E-state index is 13.5. The summed E-state index contributed by atoms with van der Waals surface area (Å²) in [5.41, 5.74) is 0.339. The van der Waals surface area contributed by atoms with Gasteiger partial charge in [-0.2, -0.15) is 0 Å². The highest BCUT2D eigenvalue weighted by molar-refractivity contribution is 6.31. The third-order valence-corrected chi connectivity index (χ3v) is 2.75. The minimum absolute atomic E-state index is 0.155. The Bertz CT molecular complexity index is 508. The van der Waals surface area contributed by atoms with Crippen molar-refractivity contribution in [2.24, 2.45) is 0 Å². The molecule has 1 aromatic heterocycles. The highest BCUT2D eigenvalue weighted by Gasteiger charge is 2.14. The maximum Gasteiger partial charge on any atom is 0.234 e. The molecule has 0 aliphatic carbocycles. The Morgan fingerprint density at radius 3 is 2.76 bits per heavy atom. The van der Waals surface area contributed by atoms with Crippen molar-refractivity contribution in [2.45, 2.75) is 18.7 Å². The zero-order valence-electron chi connectivity index (χ0n) is 8.95. The Balaban J connectivity index is 2.25. The number of halogens is 3. The molecule has 0 fully saturated rings. The van der Waals surface area contributed by atoms with Crippen molar-refractivity contribution in [2.75, 3.05) is 0 Å². The van der Waals surface area contributed by atoms with E-state index in [4.69, 9.17) is 27.6 Å². The molecule has 2 rings (SSSR count). The van der Waals surface area contributed by atoms with E-state index in [-0.39, 0.29) is 11.8 Å². The molecule has 2 aromatic rings. The number of alkyl halides is 1. The first-order valence-corrected chi connectivity index (χ1v) is 5.78. The fourth-order valence-corrected chi connectivity index (χ4v) is 1.67. The van der Waals surface area contributed by atoms with Crippen LogP contribution >= 0.6 is 23.2 Å². The van der Waals surface area contributed by atoms with Crippen LogP contribution in [0.15, 0.2) is 22.6 Å². The highest BCUT2D eigenvalue weighted by Crippen LogP contribution is 2.23.